The van der Waals surface area contributed by atoms with E-state index in [2.05, 4.69) is 12.2 Å². The lowest BCUT2D eigenvalue weighted by Gasteiger charge is -2.37. The SMILES string of the molecule is CCCOc1cccc(NC2(CO)CCCCC2)c1N. The van der Waals surface area contributed by atoms with Crippen LogP contribution in [0.1, 0.15) is 45.4 Å². The molecule has 4 heteroatoms. The fourth-order valence-electron chi connectivity index (χ4n) is 2.83. The summed E-state index contributed by atoms with van der Waals surface area (Å²) in [5, 5.41) is 13.2. The largest absolute Gasteiger partial charge is 0.491 e. The maximum atomic E-state index is 9.77. The van der Waals surface area contributed by atoms with Gasteiger partial charge in [0.05, 0.1) is 30.1 Å². The van der Waals surface area contributed by atoms with Gasteiger partial charge in [0.15, 0.2) is 0 Å². The van der Waals surface area contributed by atoms with Gasteiger partial charge in [-0.05, 0) is 31.4 Å². The van der Waals surface area contributed by atoms with Crippen molar-refractivity contribution in [3.63, 3.8) is 0 Å². The van der Waals surface area contributed by atoms with Gasteiger partial charge in [-0.3, -0.25) is 0 Å². The molecule has 0 atom stereocenters. The number of aliphatic hydroxyl groups excluding tert-OH is 1. The van der Waals surface area contributed by atoms with Crippen molar-refractivity contribution in [1.82, 2.24) is 0 Å². The van der Waals surface area contributed by atoms with Crippen LogP contribution >= 0.6 is 0 Å². The van der Waals surface area contributed by atoms with E-state index in [0.717, 1.165) is 43.5 Å². The Bertz CT molecular complexity index is 428. The second kappa shape index (κ2) is 6.84. The molecule has 1 aliphatic rings. The zero-order valence-corrected chi connectivity index (χ0v) is 12.3. The number of para-hydroxylation sites is 1. The maximum Gasteiger partial charge on any atom is 0.144 e. The Kier molecular flexibility index (Phi) is 5.12. The number of anilines is 2. The molecule has 1 saturated carbocycles. The van der Waals surface area contributed by atoms with Crippen molar-refractivity contribution in [2.75, 3.05) is 24.3 Å². The van der Waals surface area contributed by atoms with Gasteiger partial charge in [-0.15, -0.1) is 0 Å². The first kappa shape index (κ1) is 15.0. The van der Waals surface area contributed by atoms with Gasteiger partial charge in [0, 0.05) is 0 Å². The van der Waals surface area contributed by atoms with Crippen LogP contribution < -0.4 is 15.8 Å². The van der Waals surface area contributed by atoms with E-state index >= 15 is 0 Å². The molecule has 0 aromatic heterocycles. The monoisotopic (exact) mass is 278 g/mol. The smallest absolute Gasteiger partial charge is 0.144 e. The number of nitrogens with one attached hydrogen (secondary N) is 1. The number of benzene rings is 1. The minimum Gasteiger partial charge on any atom is -0.491 e. The van der Waals surface area contributed by atoms with Crippen molar-refractivity contribution in [2.24, 2.45) is 0 Å². The second-order valence-electron chi connectivity index (χ2n) is 5.69. The van der Waals surface area contributed by atoms with Crippen LogP contribution in [0.4, 0.5) is 11.4 Å². The highest BCUT2D eigenvalue weighted by Gasteiger charge is 2.31. The van der Waals surface area contributed by atoms with Gasteiger partial charge in [0.25, 0.3) is 0 Å². The molecule has 0 unspecified atom stereocenters. The summed E-state index contributed by atoms with van der Waals surface area (Å²) in [6.45, 7) is 2.88. The third kappa shape index (κ3) is 3.37. The van der Waals surface area contributed by atoms with E-state index < -0.39 is 0 Å². The number of nitrogen functional groups attached to an aromatic ring is 1. The summed E-state index contributed by atoms with van der Waals surface area (Å²) in [5.74, 6) is 0.723. The number of hydrogen-bond donors (Lipinski definition) is 3. The molecule has 4 N–H and O–H groups in total. The predicted octanol–water partition coefficient (Wildman–Crippen LogP) is 3.16. The fourth-order valence-corrected chi connectivity index (χ4v) is 2.83. The average molecular weight is 278 g/mol. The minimum absolute atomic E-state index is 0.145. The molecule has 0 heterocycles. The van der Waals surface area contributed by atoms with Gasteiger partial charge in [-0.25, -0.2) is 0 Å². The van der Waals surface area contributed by atoms with Crippen molar-refractivity contribution < 1.29 is 9.84 Å². The summed E-state index contributed by atoms with van der Waals surface area (Å²) < 4.78 is 5.65. The van der Waals surface area contributed by atoms with Crippen molar-refractivity contribution in [2.45, 2.75) is 51.0 Å². The van der Waals surface area contributed by atoms with Gasteiger partial charge in [-0.1, -0.05) is 32.3 Å². The van der Waals surface area contributed by atoms with Gasteiger partial charge in [0.2, 0.25) is 0 Å². The molecule has 2 rings (SSSR count). The minimum atomic E-state index is -0.226. The molecule has 4 nitrogen and oxygen atoms in total. The average Bonchev–Trinajstić information content (AvgIpc) is 2.49. The molecule has 1 aromatic carbocycles. The van der Waals surface area contributed by atoms with E-state index in [0.29, 0.717) is 12.3 Å². The summed E-state index contributed by atoms with van der Waals surface area (Å²) >= 11 is 0. The summed E-state index contributed by atoms with van der Waals surface area (Å²) in [4.78, 5) is 0. The van der Waals surface area contributed by atoms with Crippen LogP contribution in [-0.4, -0.2) is 23.9 Å². The quantitative estimate of drug-likeness (QED) is 0.699. The molecule has 0 radical (unpaired) electrons. The topological polar surface area (TPSA) is 67.5 Å². The number of hydrogen-bond acceptors (Lipinski definition) is 4. The number of aliphatic hydroxyl groups is 1. The predicted molar refractivity (Wildman–Crippen MR) is 83.2 cm³/mol. The lowest BCUT2D eigenvalue weighted by molar-refractivity contribution is 0.173. The number of ether oxygens (including phenoxy) is 1. The van der Waals surface area contributed by atoms with Crippen molar-refractivity contribution >= 4 is 11.4 Å². The van der Waals surface area contributed by atoms with Gasteiger partial charge < -0.3 is 20.9 Å². The molecular formula is C16H26N2O2. The van der Waals surface area contributed by atoms with Crippen LogP contribution in [0.5, 0.6) is 5.75 Å². The lowest BCUT2D eigenvalue weighted by atomic mass is 9.82. The highest BCUT2D eigenvalue weighted by atomic mass is 16.5. The van der Waals surface area contributed by atoms with E-state index in [1.807, 2.05) is 18.2 Å². The molecule has 0 saturated heterocycles. The normalized spacial score (nSPS) is 17.7. The number of nitrogens with two attached hydrogens (primary N) is 1. The standard InChI is InChI=1S/C16H26N2O2/c1-2-11-20-14-8-6-7-13(15(14)17)18-16(12-19)9-4-3-5-10-16/h6-8,18-19H,2-5,9-12,17H2,1H3. The first-order chi connectivity index (χ1) is 9.71. The van der Waals surface area contributed by atoms with Gasteiger partial charge in [0.1, 0.15) is 5.75 Å². The summed E-state index contributed by atoms with van der Waals surface area (Å²) in [7, 11) is 0. The zero-order chi connectivity index (χ0) is 14.4. The van der Waals surface area contributed by atoms with Crippen molar-refractivity contribution in [3.05, 3.63) is 18.2 Å². The Balaban J connectivity index is 2.15. The van der Waals surface area contributed by atoms with Gasteiger partial charge in [-0.2, -0.15) is 0 Å². The first-order valence-electron chi connectivity index (χ1n) is 7.61. The highest BCUT2D eigenvalue weighted by Crippen LogP contribution is 2.36. The molecule has 1 aromatic rings. The Labute approximate surface area is 121 Å². The van der Waals surface area contributed by atoms with Crippen molar-refractivity contribution in [1.29, 1.82) is 0 Å². The third-order valence-corrected chi connectivity index (χ3v) is 4.04. The highest BCUT2D eigenvalue weighted by molar-refractivity contribution is 5.73. The molecule has 0 bridgehead atoms. The van der Waals surface area contributed by atoms with E-state index in [1.165, 1.54) is 6.42 Å². The second-order valence-corrected chi connectivity index (χ2v) is 5.69. The summed E-state index contributed by atoms with van der Waals surface area (Å²) in [6.07, 6.45) is 6.49. The Morgan fingerprint density at radius 3 is 2.70 bits per heavy atom. The lowest BCUT2D eigenvalue weighted by Crippen LogP contribution is -2.44. The van der Waals surface area contributed by atoms with E-state index in [9.17, 15) is 5.11 Å². The zero-order valence-electron chi connectivity index (χ0n) is 12.3. The van der Waals surface area contributed by atoms with E-state index in [4.69, 9.17) is 10.5 Å². The maximum absolute atomic E-state index is 9.77. The first-order valence-corrected chi connectivity index (χ1v) is 7.61. The van der Waals surface area contributed by atoms with Crippen LogP contribution in [0, 0.1) is 0 Å². The molecular weight excluding hydrogens is 252 g/mol. The van der Waals surface area contributed by atoms with E-state index in [1.54, 1.807) is 0 Å². The van der Waals surface area contributed by atoms with Crippen LogP contribution in [0.3, 0.4) is 0 Å². The summed E-state index contributed by atoms with van der Waals surface area (Å²) in [6, 6.07) is 5.79. The number of rotatable bonds is 6. The van der Waals surface area contributed by atoms with Crippen LogP contribution in [0.25, 0.3) is 0 Å². The van der Waals surface area contributed by atoms with Crippen LogP contribution in [0.15, 0.2) is 18.2 Å². The Morgan fingerprint density at radius 1 is 1.30 bits per heavy atom. The van der Waals surface area contributed by atoms with Crippen LogP contribution in [0.2, 0.25) is 0 Å². The third-order valence-electron chi connectivity index (χ3n) is 4.04. The Hall–Kier alpha value is -1.42. The molecule has 112 valence electrons. The Morgan fingerprint density at radius 2 is 2.05 bits per heavy atom. The van der Waals surface area contributed by atoms with Gasteiger partial charge >= 0.3 is 0 Å². The summed E-state index contributed by atoms with van der Waals surface area (Å²) in [5.41, 5.74) is 7.47. The molecule has 0 amide bonds. The molecule has 0 aliphatic heterocycles. The molecule has 1 aliphatic carbocycles. The van der Waals surface area contributed by atoms with E-state index in [-0.39, 0.29) is 12.1 Å². The van der Waals surface area contributed by atoms with Crippen molar-refractivity contribution in [3.8, 4) is 5.75 Å². The molecule has 20 heavy (non-hydrogen) atoms. The molecule has 1 fully saturated rings. The fraction of sp³-hybridized carbons (Fsp3) is 0.625. The van der Waals surface area contributed by atoms with Crippen LogP contribution in [-0.2, 0) is 0 Å². The molecule has 0 spiro atoms.